The van der Waals surface area contributed by atoms with Crippen LogP contribution < -0.4 is 21.3 Å². The third-order valence-electron chi connectivity index (χ3n) is 5.40. The Labute approximate surface area is 169 Å². The Balaban J connectivity index is 1.64. The number of aromatic nitrogens is 2. The number of nitrogens with two attached hydrogens (primary N) is 1. The normalized spacial score (nSPS) is 18.8. The van der Waals surface area contributed by atoms with Crippen LogP contribution in [0, 0.1) is 13.8 Å². The molecule has 8 heteroatoms. The van der Waals surface area contributed by atoms with Crippen molar-refractivity contribution < 1.29 is 9.59 Å². The average molecular weight is 394 g/mol. The van der Waals surface area contributed by atoms with Crippen molar-refractivity contribution in [1.82, 2.24) is 9.97 Å². The number of benzene rings is 1. The molecule has 0 aliphatic carbocycles. The van der Waals surface area contributed by atoms with Crippen LogP contribution in [0.1, 0.15) is 48.3 Å². The van der Waals surface area contributed by atoms with Crippen LogP contribution in [0.3, 0.4) is 0 Å². The van der Waals surface area contributed by atoms with Crippen molar-refractivity contribution in [2.24, 2.45) is 0 Å². The molecule has 2 amide bonds. The SMILES string of the molecule is Cc1cc(C)cc(NC(=O)C2CC(=O)Nc3nc(N4CCCCC4)nc(N)c32)c1. The lowest BCUT2D eigenvalue weighted by Gasteiger charge is -2.30. The van der Waals surface area contributed by atoms with Gasteiger partial charge in [0.05, 0.1) is 11.5 Å². The van der Waals surface area contributed by atoms with Crippen molar-refractivity contribution in [2.45, 2.75) is 45.4 Å². The van der Waals surface area contributed by atoms with Crippen molar-refractivity contribution in [3.8, 4) is 0 Å². The molecule has 0 bridgehead atoms. The van der Waals surface area contributed by atoms with E-state index < -0.39 is 5.92 Å². The smallest absolute Gasteiger partial charge is 0.232 e. The van der Waals surface area contributed by atoms with E-state index in [-0.39, 0.29) is 24.1 Å². The second-order valence-electron chi connectivity index (χ2n) is 7.89. The predicted molar refractivity (Wildman–Crippen MR) is 113 cm³/mol. The summed E-state index contributed by atoms with van der Waals surface area (Å²) in [5.74, 6) is -0.162. The molecule has 1 atom stereocenters. The number of nitrogen functional groups attached to an aromatic ring is 1. The quantitative estimate of drug-likeness (QED) is 0.738. The van der Waals surface area contributed by atoms with Crippen LogP contribution in [-0.4, -0.2) is 34.9 Å². The molecule has 1 unspecified atom stereocenters. The zero-order valence-electron chi connectivity index (χ0n) is 16.8. The molecule has 3 heterocycles. The maximum absolute atomic E-state index is 13.0. The molecule has 1 fully saturated rings. The fourth-order valence-corrected chi connectivity index (χ4v) is 4.12. The molecule has 0 radical (unpaired) electrons. The highest BCUT2D eigenvalue weighted by molar-refractivity contribution is 6.05. The minimum atomic E-state index is -0.727. The summed E-state index contributed by atoms with van der Waals surface area (Å²) in [4.78, 5) is 36.4. The van der Waals surface area contributed by atoms with E-state index in [0.29, 0.717) is 23.0 Å². The summed E-state index contributed by atoms with van der Waals surface area (Å²) in [6.45, 7) is 5.67. The van der Waals surface area contributed by atoms with E-state index >= 15 is 0 Å². The Morgan fingerprint density at radius 1 is 1.14 bits per heavy atom. The summed E-state index contributed by atoms with van der Waals surface area (Å²) in [6, 6.07) is 5.83. The Bertz CT molecular complexity index is 948. The largest absolute Gasteiger partial charge is 0.383 e. The average Bonchev–Trinajstić information content (AvgIpc) is 2.66. The first-order chi connectivity index (χ1) is 13.9. The summed E-state index contributed by atoms with van der Waals surface area (Å²) < 4.78 is 0. The van der Waals surface area contributed by atoms with E-state index in [1.54, 1.807) is 0 Å². The molecule has 0 spiro atoms. The fraction of sp³-hybridized carbons (Fsp3) is 0.429. The molecule has 1 saturated heterocycles. The van der Waals surface area contributed by atoms with Crippen LogP contribution in [0.5, 0.6) is 0 Å². The number of nitrogens with zero attached hydrogens (tertiary/aromatic N) is 3. The Kier molecular flexibility index (Phi) is 5.08. The lowest BCUT2D eigenvalue weighted by Crippen LogP contribution is -2.35. The number of carbonyl (C=O) groups is 2. The summed E-state index contributed by atoms with van der Waals surface area (Å²) in [6.07, 6.45) is 3.36. The zero-order valence-corrected chi connectivity index (χ0v) is 16.8. The van der Waals surface area contributed by atoms with Crippen molar-refractivity contribution in [3.05, 3.63) is 34.9 Å². The van der Waals surface area contributed by atoms with E-state index in [2.05, 4.69) is 25.5 Å². The lowest BCUT2D eigenvalue weighted by atomic mass is 9.91. The summed E-state index contributed by atoms with van der Waals surface area (Å²) >= 11 is 0. The van der Waals surface area contributed by atoms with Gasteiger partial charge in [-0.2, -0.15) is 9.97 Å². The first-order valence-corrected chi connectivity index (χ1v) is 10.0. The topological polar surface area (TPSA) is 113 Å². The molecular formula is C21H26N6O2. The van der Waals surface area contributed by atoms with Gasteiger partial charge in [0.1, 0.15) is 11.6 Å². The maximum Gasteiger partial charge on any atom is 0.232 e. The number of nitrogens with one attached hydrogen (secondary N) is 2. The van der Waals surface area contributed by atoms with E-state index in [9.17, 15) is 9.59 Å². The highest BCUT2D eigenvalue weighted by Crippen LogP contribution is 2.37. The number of piperidine rings is 1. The minimum Gasteiger partial charge on any atom is -0.383 e. The number of anilines is 4. The standard InChI is InChI=1S/C21H26N6O2/c1-12-8-13(2)10-14(9-12)23-20(29)15-11-16(28)24-19-17(15)18(22)25-21(26-19)27-6-4-3-5-7-27/h8-10,15H,3-7,11H2,1-2H3,(H,23,29)(H3,22,24,25,26,28). The molecule has 1 aromatic heterocycles. The number of carbonyl (C=O) groups excluding carboxylic acids is 2. The van der Waals surface area contributed by atoms with Crippen LogP contribution in [0.15, 0.2) is 18.2 Å². The highest BCUT2D eigenvalue weighted by Gasteiger charge is 2.35. The minimum absolute atomic E-state index is 0.0141. The van der Waals surface area contributed by atoms with Crippen molar-refractivity contribution in [3.63, 3.8) is 0 Å². The van der Waals surface area contributed by atoms with E-state index in [1.807, 2.05) is 32.0 Å². The third kappa shape index (κ3) is 4.01. The summed E-state index contributed by atoms with van der Waals surface area (Å²) in [5.41, 5.74) is 9.55. The number of hydrogen-bond donors (Lipinski definition) is 3. The number of hydrogen-bond acceptors (Lipinski definition) is 6. The Hall–Kier alpha value is -3.16. The van der Waals surface area contributed by atoms with Crippen LogP contribution in [0.25, 0.3) is 0 Å². The van der Waals surface area contributed by atoms with Gasteiger partial charge in [0.15, 0.2) is 0 Å². The molecule has 0 saturated carbocycles. The van der Waals surface area contributed by atoms with Crippen LogP contribution in [0.2, 0.25) is 0 Å². The molecule has 8 nitrogen and oxygen atoms in total. The van der Waals surface area contributed by atoms with Gasteiger partial charge in [-0.3, -0.25) is 9.59 Å². The van der Waals surface area contributed by atoms with Crippen LogP contribution in [0.4, 0.5) is 23.3 Å². The molecule has 2 aliphatic heterocycles. The monoisotopic (exact) mass is 394 g/mol. The number of amides is 2. The fourth-order valence-electron chi connectivity index (χ4n) is 4.12. The van der Waals surface area contributed by atoms with Gasteiger partial charge in [0, 0.05) is 25.2 Å². The third-order valence-corrected chi connectivity index (χ3v) is 5.40. The van der Waals surface area contributed by atoms with E-state index in [1.165, 1.54) is 6.42 Å². The van der Waals surface area contributed by atoms with Crippen molar-refractivity contribution >= 4 is 35.1 Å². The molecule has 152 valence electrons. The highest BCUT2D eigenvalue weighted by atomic mass is 16.2. The second kappa shape index (κ2) is 7.69. The van der Waals surface area contributed by atoms with Crippen molar-refractivity contribution in [2.75, 3.05) is 34.4 Å². The maximum atomic E-state index is 13.0. The van der Waals surface area contributed by atoms with Crippen molar-refractivity contribution in [1.29, 1.82) is 0 Å². The second-order valence-corrected chi connectivity index (χ2v) is 7.89. The van der Waals surface area contributed by atoms with Gasteiger partial charge < -0.3 is 21.3 Å². The summed E-state index contributed by atoms with van der Waals surface area (Å²) in [7, 11) is 0. The number of rotatable bonds is 3. The zero-order chi connectivity index (χ0) is 20.5. The van der Waals surface area contributed by atoms with Crippen LogP contribution in [-0.2, 0) is 9.59 Å². The molecular weight excluding hydrogens is 368 g/mol. The first kappa shape index (κ1) is 19.2. The van der Waals surface area contributed by atoms with E-state index in [0.717, 1.165) is 37.1 Å². The number of fused-ring (bicyclic) bond motifs is 1. The summed E-state index contributed by atoms with van der Waals surface area (Å²) in [5, 5.41) is 5.69. The molecule has 4 N–H and O–H groups in total. The van der Waals surface area contributed by atoms with Gasteiger partial charge in [-0.1, -0.05) is 6.07 Å². The molecule has 2 aliphatic rings. The van der Waals surface area contributed by atoms with Gasteiger partial charge in [0.25, 0.3) is 0 Å². The molecule has 4 rings (SSSR count). The molecule has 29 heavy (non-hydrogen) atoms. The van der Waals surface area contributed by atoms with Gasteiger partial charge in [0.2, 0.25) is 17.8 Å². The lowest BCUT2D eigenvalue weighted by molar-refractivity contribution is -0.123. The Morgan fingerprint density at radius 3 is 2.52 bits per heavy atom. The van der Waals surface area contributed by atoms with Gasteiger partial charge in [-0.05, 0) is 56.4 Å². The first-order valence-electron chi connectivity index (χ1n) is 10.0. The van der Waals surface area contributed by atoms with Gasteiger partial charge >= 0.3 is 0 Å². The molecule has 2 aromatic rings. The van der Waals surface area contributed by atoms with Gasteiger partial charge in [-0.15, -0.1) is 0 Å². The van der Waals surface area contributed by atoms with E-state index in [4.69, 9.17) is 5.73 Å². The van der Waals surface area contributed by atoms with Crippen LogP contribution >= 0.6 is 0 Å². The molecule has 1 aromatic carbocycles. The Morgan fingerprint density at radius 2 is 1.83 bits per heavy atom. The predicted octanol–water partition coefficient (Wildman–Crippen LogP) is 2.73. The van der Waals surface area contributed by atoms with Gasteiger partial charge in [-0.25, -0.2) is 0 Å². The number of aryl methyl sites for hydroxylation is 2.